The molecule has 3 nitrogen and oxygen atoms in total. The molecule has 1 N–H and O–H groups in total. The van der Waals surface area contributed by atoms with Crippen molar-refractivity contribution in [2.75, 3.05) is 5.32 Å². The van der Waals surface area contributed by atoms with Crippen molar-refractivity contribution < 1.29 is 9.53 Å². The molecule has 0 radical (unpaired) electrons. The Morgan fingerprint density at radius 3 is 2.12 bits per heavy atom. The monoisotopic (exact) mass is 345 g/mol. The van der Waals surface area contributed by atoms with Crippen molar-refractivity contribution >= 4 is 11.6 Å². The summed E-state index contributed by atoms with van der Waals surface area (Å²) in [6.45, 7) is 2.55. The van der Waals surface area contributed by atoms with Gasteiger partial charge in [0.05, 0.1) is 5.92 Å². The van der Waals surface area contributed by atoms with Crippen LogP contribution < -0.4 is 10.1 Å². The van der Waals surface area contributed by atoms with Crippen LogP contribution in [-0.4, -0.2) is 5.91 Å². The number of hydrogen-bond acceptors (Lipinski definition) is 2. The third kappa shape index (κ3) is 4.73. The molecule has 0 bridgehead atoms. The lowest BCUT2D eigenvalue weighted by atomic mass is 9.95. The van der Waals surface area contributed by atoms with Crippen molar-refractivity contribution in [3.8, 4) is 5.75 Å². The fourth-order valence-corrected chi connectivity index (χ4v) is 2.86. The highest BCUT2D eigenvalue weighted by molar-refractivity contribution is 5.95. The van der Waals surface area contributed by atoms with Crippen LogP contribution >= 0.6 is 0 Å². The lowest BCUT2D eigenvalue weighted by Crippen LogP contribution is -2.20. The molecule has 3 rings (SSSR count). The fourth-order valence-electron chi connectivity index (χ4n) is 2.86. The number of carbonyl (C=O) groups excluding carboxylic acids is 1. The molecule has 0 unspecified atom stereocenters. The van der Waals surface area contributed by atoms with Gasteiger partial charge in [0.2, 0.25) is 5.91 Å². The standard InChI is InChI=1S/C23H23NO2/c1-2-22(19-11-7-4-8-12-19)23(25)24-20-13-15-21(16-14-20)26-17-18-9-5-3-6-10-18/h3-16,22H,2,17H2,1H3,(H,24,25)/t22-/m1/s1. The van der Waals surface area contributed by atoms with Crippen LogP contribution in [-0.2, 0) is 11.4 Å². The summed E-state index contributed by atoms with van der Waals surface area (Å²) in [6, 6.07) is 27.4. The van der Waals surface area contributed by atoms with Crippen molar-refractivity contribution in [2.45, 2.75) is 25.9 Å². The van der Waals surface area contributed by atoms with Gasteiger partial charge >= 0.3 is 0 Å². The van der Waals surface area contributed by atoms with Gasteiger partial charge in [0.15, 0.2) is 0 Å². The number of carbonyl (C=O) groups is 1. The molecular formula is C23H23NO2. The van der Waals surface area contributed by atoms with E-state index < -0.39 is 0 Å². The Morgan fingerprint density at radius 2 is 1.50 bits per heavy atom. The number of rotatable bonds is 7. The van der Waals surface area contributed by atoms with Crippen molar-refractivity contribution in [1.82, 2.24) is 0 Å². The Morgan fingerprint density at radius 1 is 0.885 bits per heavy atom. The number of anilines is 1. The van der Waals surface area contributed by atoms with Crippen LogP contribution in [0.1, 0.15) is 30.4 Å². The predicted octanol–water partition coefficient (Wildman–Crippen LogP) is 5.40. The molecular weight excluding hydrogens is 322 g/mol. The molecule has 0 saturated carbocycles. The van der Waals surface area contributed by atoms with Crippen LogP contribution in [0.4, 0.5) is 5.69 Å². The van der Waals surface area contributed by atoms with E-state index in [0.29, 0.717) is 6.61 Å². The van der Waals surface area contributed by atoms with Gasteiger partial charge in [0.25, 0.3) is 0 Å². The van der Waals surface area contributed by atoms with Crippen LogP contribution in [0.25, 0.3) is 0 Å². The van der Waals surface area contributed by atoms with E-state index in [1.807, 2.05) is 91.9 Å². The zero-order valence-electron chi connectivity index (χ0n) is 14.9. The minimum Gasteiger partial charge on any atom is -0.489 e. The SMILES string of the molecule is CC[C@@H](C(=O)Nc1ccc(OCc2ccccc2)cc1)c1ccccc1. The second-order valence-corrected chi connectivity index (χ2v) is 6.16. The van der Waals surface area contributed by atoms with Gasteiger partial charge in [-0.3, -0.25) is 4.79 Å². The lowest BCUT2D eigenvalue weighted by Gasteiger charge is -2.15. The van der Waals surface area contributed by atoms with Crippen LogP contribution in [0.2, 0.25) is 0 Å². The smallest absolute Gasteiger partial charge is 0.231 e. The average molecular weight is 345 g/mol. The van der Waals surface area contributed by atoms with E-state index in [0.717, 1.165) is 29.0 Å². The van der Waals surface area contributed by atoms with Gasteiger partial charge in [-0.1, -0.05) is 67.6 Å². The molecule has 1 atom stereocenters. The first-order valence-corrected chi connectivity index (χ1v) is 8.89. The van der Waals surface area contributed by atoms with Crippen LogP contribution in [0.5, 0.6) is 5.75 Å². The third-order valence-corrected chi connectivity index (χ3v) is 4.30. The summed E-state index contributed by atoms with van der Waals surface area (Å²) in [4.78, 5) is 12.6. The van der Waals surface area contributed by atoms with Crippen molar-refractivity contribution in [2.24, 2.45) is 0 Å². The van der Waals surface area contributed by atoms with Gasteiger partial charge in [-0.05, 0) is 41.8 Å². The fraction of sp³-hybridized carbons (Fsp3) is 0.174. The first-order chi connectivity index (χ1) is 12.8. The second-order valence-electron chi connectivity index (χ2n) is 6.16. The van der Waals surface area contributed by atoms with Gasteiger partial charge in [0.1, 0.15) is 12.4 Å². The van der Waals surface area contributed by atoms with Gasteiger partial charge in [-0.15, -0.1) is 0 Å². The van der Waals surface area contributed by atoms with Gasteiger partial charge in [-0.25, -0.2) is 0 Å². The Hall–Kier alpha value is -3.07. The van der Waals surface area contributed by atoms with E-state index in [1.54, 1.807) is 0 Å². The van der Waals surface area contributed by atoms with Gasteiger partial charge < -0.3 is 10.1 Å². The Balaban J connectivity index is 1.59. The topological polar surface area (TPSA) is 38.3 Å². The molecule has 1 amide bonds. The summed E-state index contributed by atoms with van der Waals surface area (Å²) in [5, 5.41) is 3.00. The number of hydrogen-bond donors (Lipinski definition) is 1. The van der Waals surface area contributed by atoms with Crippen molar-refractivity contribution in [3.05, 3.63) is 96.1 Å². The maximum Gasteiger partial charge on any atom is 0.231 e. The Labute approximate surface area is 154 Å². The summed E-state index contributed by atoms with van der Waals surface area (Å²) in [6.07, 6.45) is 0.758. The summed E-state index contributed by atoms with van der Waals surface area (Å²) in [7, 11) is 0. The predicted molar refractivity (Wildman–Crippen MR) is 105 cm³/mol. The maximum absolute atomic E-state index is 12.6. The molecule has 3 heteroatoms. The normalized spacial score (nSPS) is 11.6. The van der Waals surface area contributed by atoms with Crippen LogP contribution in [0.15, 0.2) is 84.9 Å². The lowest BCUT2D eigenvalue weighted by molar-refractivity contribution is -0.117. The highest BCUT2D eigenvalue weighted by Crippen LogP contribution is 2.23. The molecule has 0 heterocycles. The van der Waals surface area contributed by atoms with Gasteiger partial charge in [0, 0.05) is 5.69 Å². The molecule has 3 aromatic carbocycles. The van der Waals surface area contributed by atoms with E-state index in [1.165, 1.54) is 0 Å². The van der Waals surface area contributed by atoms with Crippen molar-refractivity contribution in [1.29, 1.82) is 0 Å². The molecule has 3 aromatic rings. The maximum atomic E-state index is 12.6. The van der Waals surface area contributed by atoms with E-state index >= 15 is 0 Å². The van der Waals surface area contributed by atoms with Gasteiger partial charge in [-0.2, -0.15) is 0 Å². The molecule has 0 aliphatic rings. The molecule has 132 valence electrons. The molecule has 0 aliphatic heterocycles. The molecule has 0 fully saturated rings. The van der Waals surface area contributed by atoms with E-state index in [4.69, 9.17) is 4.74 Å². The average Bonchev–Trinajstić information content (AvgIpc) is 2.70. The largest absolute Gasteiger partial charge is 0.489 e. The second kappa shape index (κ2) is 8.86. The number of ether oxygens (including phenoxy) is 1. The van der Waals surface area contributed by atoms with Crippen molar-refractivity contribution in [3.63, 3.8) is 0 Å². The number of benzene rings is 3. The number of nitrogens with one attached hydrogen (secondary N) is 1. The van der Waals surface area contributed by atoms with E-state index in [9.17, 15) is 4.79 Å². The zero-order valence-corrected chi connectivity index (χ0v) is 14.9. The molecule has 26 heavy (non-hydrogen) atoms. The molecule has 0 saturated heterocycles. The Kier molecular flexibility index (Phi) is 6.05. The van der Waals surface area contributed by atoms with E-state index in [2.05, 4.69) is 5.32 Å². The minimum absolute atomic E-state index is 0.0108. The molecule has 0 aromatic heterocycles. The summed E-state index contributed by atoms with van der Waals surface area (Å²) >= 11 is 0. The van der Waals surface area contributed by atoms with Crippen LogP contribution in [0.3, 0.4) is 0 Å². The van der Waals surface area contributed by atoms with E-state index in [-0.39, 0.29) is 11.8 Å². The highest BCUT2D eigenvalue weighted by Gasteiger charge is 2.18. The molecule has 0 aliphatic carbocycles. The quantitative estimate of drug-likeness (QED) is 0.623. The minimum atomic E-state index is -0.148. The first-order valence-electron chi connectivity index (χ1n) is 8.89. The molecule has 0 spiro atoms. The Bertz CT molecular complexity index is 814. The summed E-state index contributed by atoms with van der Waals surface area (Å²) in [5.41, 5.74) is 2.94. The summed E-state index contributed by atoms with van der Waals surface area (Å²) in [5.74, 6) is 0.642. The number of amides is 1. The first kappa shape index (κ1) is 17.7. The third-order valence-electron chi connectivity index (χ3n) is 4.30. The summed E-state index contributed by atoms with van der Waals surface area (Å²) < 4.78 is 5.78. The highest BCUT2D eigenvalue weighted by atomic mass is 16.5. The zero-order chi connectivity index (χ0) is 18.2. The van der Waals surface area contributed by atoms with Crippen LogP contribution in [0, 0.1) is 0 Å².